The highest BCUT2D eigenvalue weighted by Crippen LogP contribution is 2.41. The van der Waals surface area contributed by atoms with E-state index in [1.165, 1.54) is 12.8 Å². The van der Waals surface area contributed by atoms with Gasteiger partial charge in [0.25, 0.3) is 0 Å². The molecule has 1 aliphatic heterocycles. The van der Waals surface area contributed by atoms with Gasteiger partial charge in [0.1, 0.15) is 0 Å². The molecule has 4 heteroatoms. The quantitative estimate of drug-likeness (QED) is 0.582. The number of ether oxygens (including phenoxy) is 2. The summed E-state index contributed by atoms with van der Waals surface area (Å²) in [5, 5.41) is 0. The maximum absolute atomic E-state index is 6.21. The molecular weight excluding hydrogens is 228 g/mol. The van der Waals surface area contributed by atoms with Crippen LogP contribution in [0.25, 0.3) is 0 Å². The molecule has 1 saturated heterocycles. The van der Waals surface area contributed by atoms with Gasteiger partial charge in [-0.15, -0.1) is 0 Å². The van der Waals surface area contributed by atoms with Gasteiger partial charge in [-0.25, -0.2) is 0 Å². The highest BCUT2D eigenvalue weighted by molar-refractivity contribution is 5.00. The van der Waals surface area contributed by atoms with Gasteiger partial charge in [0.15, 0.2) is 0 Å². The predicted molar refractivity (Wildman–Crippen MR) is 72.0 cm³/mol. The molecule has 0 amide bonds. The fraction of sp³-hybridized carbons (Fsp3) is 1.00. The second-order valence-corrected chi connectivity index (χ2v) is 5.97. The molecule has 0 aromatic rings. The Bertz CT molecular complexity index is 252. The summed E-state index contributed by atoms with van der Waals surface area (Å²) in [6.45, 7) is 6.85. The van der Waals surface area contributed by atoms with Crippen molar-refractivity contribution in [1.82, 2.24) is 5.43 Å². The first-order valence-electron chi connectivity index (χ1n) is 7.39. The van der Waals surface area contributed by atoms with Gasteiger partial charge in [-0.2, -0.15) is 0 Å². The Labute approximate surface area is 111 Å². The summed E-state index contributed by atoms with van der Waals surface area (Å²) in [7, 11) is 0. The molecule has 1 heterocycles. The fourth-order valence-corrected chi connectivity index (χ4v) is 3.87. The maximum Gasteiger partial charge on any atom is 0.0854 e. The van der Waals surface area contributed by atoms with E-state index in [1.807, 2.05) is 0 Å². The van der Waals surface area contributed by atoms with Crippen LogP contribution in [-0.4, -0.2) is 31.5 Å². The van der Waals surface area contributed by atoms with Crippen LogP contribution in [-0.2, 0) is 9.47 Å². The Morgan fingerprint density at radius 2 is 2.33 bits per heavy atom. The molecule has 2 rings (SSSR count). The number of hydrazine groups is 1. The van der Waals surface area contributed by atoms with Crippen LogP contribution in [0.4, 0.5) is 0 Å². The topological polar surface area (TPSA) is 56.5 Å². The second-order valence-electron chi connectivity index (χ2n) is 5.97. The molecule has 2 fully saturated rings. The normalized spacial score (nSPS) is 38.8. The van der Waals surface area contributed by atoms with Gasteiger partial charge >= 0.3 is 0 Å². The Hall–Kier alpha value is -0.160. The molecule has 2 aliphatic rings. The van der Waals surface area contributed by atoms with Crippen LogP contribution in [0, 0.1) is 11.8 Å². The van der Waals surface area contributed by atoms with Crippen LogP contribution in [0.2, 0.25) is 0 Å². The Morgan fingerprint density at radius 3 is 2.89 bits per heavy atom. The smallest absolute Gasteiger partial charge is 0.0854 e. The third kappa shape index (κ3) is 2.87. The molecule has 18 heavy (non-hydrogen) atoms. The molecule has 3 N–H and O–H groups in total. The van der Waals surface area contributed by atoms with Gasteiger partial charge in [0.05, 0.1) is 18.2 Å². The van der Waals surface area contributed by atoms with Gasteiger partial charge in [-0.3, -0.25) is 11.3 Å². The van der Waals surface area contributed by atoms with E-state index in [-0.39, 0.29) is 11.6 Å². The zero-order chi connectivity index (χ0) is 13.0. The van der Waals surface area contributed by atoms with Crippen molar-refractivity contribution < 1.29 is 9.47 Å². The average Bonchev–Trinajstić information content (AvgIpc) is 2.84. The highest BCUT2D eigenvalue weighted by atomic mass is 16.5. The predicted octanol–water partition coefficient (Wildman–Crippen LogP) is 1.84. The maximum atomic E-state index is 6.21. The standard InChI is InChI=1S/C14H28N2O2/c1-3-18-14(7-4-5-11(2)9-14)13(16-15)12-6-8-17-10-12/h11-13,16H,3-10,15H2,1-2H3. The van der Waals surface area contributed by atoms with Crippen molar-refractivity contribution in [1.29, 1.82) is 0 Å². The Balaban J connectivity index is 2.14. The monoisotopic (exact) mass is 256 g/mol. The summed E-state index contributed by atoms with van der Waals surface area (Å²) in [6.07, 6.45) is 5.89. The molecule has 0 aromatic carbocycles. The van der Waals surface area contributed by atoms with Crippen molar-refractivity contribution in [2.45, 2.75) is 57.6 Å². The minimum Gasteiger partial charge on any atom is -0.381 e. The lowest BCUT2D eigenvalue weighted by Gasteiger charge is -2.47. The van der Waals surface area contributed by atoms with Crippen LogP contribution >= 0.6 is 0 Å². The Kier molecular flexibility index (Phi) is 5.01. The number of rotatable bonds is 5. The molecule has 4 nitrogen and oxygen atoms in total. The van der Waals surface area contributed by atoms with E-state index >= 15 is 0 Å². The van der Waals surface area contributed by atoms with E-state index in [2.05, 4.69) is 19.3 Å². The number of hydrogen-bond donors (Lipinski definition) is 2. The van der Waals surface area contributed by atoms with Gasteiger partial charge in [0.2, 0.25) is 0 Å². The van der Waals surface area contributed by atoms with Crippen molar-refractivity contribution >= 4 is 0 Å². The van der Waals surface area contributed by atoms with Crippen molar-refractivity contribution in [2.24, 2.45) is 17.7 Å². The molecule has 4 unspecified atom stereocenters. The van der Waals surface area contributed by atoms with Crippen LogP contribution < -0.4 is 11.3 Å². The van der Waals surface area contributed by atoms with E-state index in [9.17, 15) is 0 Å². The van der Waals surface area contributed by atoms with Gasteiger partial charge < -0.3 is 9.47 Å². The third-order valence-electron chi connectivity index (χ3n) is 4.61. The van der Waals surface area contributed by atoms with E-state index in [0.29, 0.717) is 5.92 Å². The van der Waals surface area contributed by atoms with E-state index in [0.717, 1.165) is 45.0 Å². The molecule has 0 radical (unpaired) electrons. The largest absolute Gasteiger partial charge is 0.381 e. The van der Waals surface area contributed by atoms with Gasteiger partial charge in [-0.05, 0) is 32.1 Å². The van der Waals surface area contributed by atoms with E-state index < -0.39 is 0 Å². The van der Waals surface area contributed by atoms with Gasteiger partial charge in [-0.1, -0.05) is 19.8 Å². The van der Waals surface area contributed by atoms with Crippen LogP contribution in [0.5, 0.6) is 0 Å². The molecular formula is C14H28N2O2. The van der Waals surface area contributed by atoms with Crippen molar-refractivity contribution in [3.05, 3.63) is 0 Å². The molecule has 1 aliphatic carbocycles. The first kappa shape index (κ1) is 14.3. The molecule has 1 saturated carbocycles. The highest BCUT2D eigenvalue weighted by Gasteiger charge is 2.46. The van der Waals surface area contributed by atoms with Crippen molar-refractivity contribution in [3.63, 3.8) is 0 Å². The lowest BCUT2D eigenvalue weighted by Crippen LogP contribution is -2.60. The van der Waals surface area contributed by atoms with E-state index in [4.69, 9.17) is 15.3 Å². The summed E-state index contributed by atoms with van der Waals surface area (Å²) >= 11 is 0. The minimum absolute atomic E-state index is 0.0838. The third-order valence-corrected chi connectivity index (χ3v) is 4.61. The Morgan fingerprint density at radius 1 is 1.50 bits per heavy atom. The zero-order valence-electron chi connectivity index (χ0n) is 11.8. The summed E-state index contributed by atoms with van der Waals surface area (Å²) in [6, 6.07) is 0.225. The van der Waals surface area contributed by atoms with Crippen LogP contribution in [0.15, 0.2) is 0 Å². The summed E-state index contributed by atoms with van der Waals surface area (Å²) in [5.41, 5.74) is 2.97. The molecule has 106 valence electrons. The minimum atomic E-state index is -0.0838. The molecule has 0 aromatic heterocycles. The first-order chi connectivity index (χ1) is 8.72. The first-order valence-corrected chi connectivity index (χ1v) is 7.39. The molecule has 0 spiro atoms. The number of nitrogens with one attached hydrogen (secondary N) is 1. The lowest BCUT2D eigenvalue weighted by atomic mass is 9.71. The van der Waals surface area contributed by atoms with Crippen molar-refractivity contribution in [3.8, 4) is 0 Å². The number of hydrogen-bond acceptors (Lipinski definition) is 4. The van der Waals surface area contributed by atoms with E-state index in [1.54, 1.807) is 0 Å². The van der Waals surface area contributed by atoms with Gasteiger partial charge in [0, 0.05) is 19.1 Å². The molecule has 0 bridgehead atoms. The summed E-state index contributed by atoms with van der Waals surface area (Å²) < 4.78 is 11.7. The summed E-state index contributed by atoms with van der Waals surface area (Å²) in [5.74, 6) is 7.08. The number of nitrogens with two attached hydrogens (primary N) is 1. The zero-order valence-corrected chi connectivity index (χ0v) is 11.8. The van der Waals surface area contributed by atoms with Crippen molar-refractivity contribution in [2.75, 3.05) is 19.8 Å². The fourth-order valence-electron chi connectivity index (χ4n) is 3.87. The van der Waals surface area contributed by atoms with Crippen LogP contribution in [0.1, 0.15) is 46.0 Å². The SMILES string of the molecule is CCOC1(C(NN)C2CCOC2)CCCC(C)C1. The van der Waals surface area contributed by atoms with Crippen LogP contribution in [0.3, 0.4) is 0 Å². The second kappa shape index (κ2) is 6.33. The molecule has 4 atom stereocenters. The lowest BCUT2D eigenvalue weighted by molar-refractivity contribution is -0.112. The average molecular weight is 256 g/mol. The summed E-state index contributed by atoms with van der Waals surface area (Å²) in [4.78, 5) is 0.